The zero-order valence-corrected chi connectivity index (χ0v) is 19.5. The van der Waals surface area contributed by atoms with Crippen LogP contribution in [0.1, 0.15) is 44.3 Å². The first-order valence-electron chi connectivity index (χ1n) is 11.2. The maximum atomic E-state index is 4.92. The monoisotopic (exact) mass is 414 g/mol. The minimum Gasteiger partial charge on any atom is -0.357 e. The smallest absolute Gasteiger partial charge is 0.128 e. The number of hydrogen-bond donors (Lipinski definition) is 1. The van der Waals surface area contributed by atoms with E-state index in [2.05, 4.69) is 85.0 Å². The Kier molecular flexibility index (Phi) is 5.81. The molecule has 3 aromatic heterocycles. The second-order valence-corrected chi connectivity index (χ2v) is 8.41. The van der Waals surface area contributed by atoms with Crippen molar-refractivity contribution in [2.75, 3.05) is 18.0 Å². The van der Waals surface area contributed by atoms with Crippen molar-refractivity contribution >= 4 is 16.7 Å². The molecule has 1 aromatic carbocycles. The van der Waals surface area contributed by atoms with Crippen molar-refractivity contribution in [2.24, 2.45) is 0 Å². The van der Waals surface area contributed by atoms with Crippen molar-refractivity contribution in [2.45, 2.75) is 48.0 Å². The predicted octanol–water partition coefficient (Wildman–Crippen LogP) is 7.01. The zero-order chi connectivity index (χ0) is 22.1. The van der Waals surface area contributed by atoms with Gasteiger partial charge in [-0.1, -0.05) is 19.1 Å². The summed E-state index contributed by atoms with van der Waals surface area (Å²) < 4.78 is 0. The molecule has 1 N–H and O–H groups in total. The Hall–Kier alpha value is -3.14. The minimum atomic E-state index is 0. The number of rotatable bonds is 6. The number of aromatic amines is 1. The molecule has 0 amide bonds. The molecule has 0 aliphatic heterocycles. The molecule has 31 heavy (non-hydrogen) atoms. The van der Waals surface area contributed by atoms with Gasteiger partial charge in [-0.15, -0.1) is 0 Å². The third-order valence-corrected chi connectivity index (χ3v) is 6.01. The molecule has 162 valence electrons. The number of benzene rings is 1. The Morgan fingerprint density at radius 3 is 2.26 bits per heavy atom. The standard InChI is InChI=1S/C27H32N4.H2/c1-7-13-31(8-2)26-12-11-24(20(6)29-26)21-9-10-23-19(5)27(30-25(23)16-21)22-14-17(3)28-18(4)15-22;/h9-12,14-16,30H,7-8,13H2,1-6H3;1H. The number of fused-ring (bicyclic) bond motifs is 1. The molecule has 0 saturated carbocycles. The van der Waals surface area contributed by atoms with Gasteiger partial charge in [0.2, 0.25) is 0 Å². The van der Waals surface area contributed by atoms with Crippen LogP contribution in [0.15, 0.2) is 42.5 Å². The molecule has 0 spiro atoms. The number of nitrogens with zero attached hydrogens (tertiary/aromatic N) is 3. The van der Waals surface area contributed by atoms with Gasteiger partial charge in [-0.3, -0.25) is 4.98 Å². The van der Waals surface area contributed by atoms with Crippen LogP contribution in [-0.4, -0.2) is 28.0 Å². The fourth-order valence-corrected chi connectivity index (χ4v) is 4.51. The second-order valence-electron chi connectivity index (χ2n) is 8.41. The molecular weight excluding hydrogens is 380 g/mol. The van der Waals surface area contributed by atoms with Gasteiger partial charge in [0.25, 0.3) is 0 Å². The summed E-state index contributed by atoms with van der Waals surface area (Å²) >= 11 is 0. The molecule has 0 bridgehead atoms. The van der Waals surface area contributed by atoms with Crippen LogP contribution in [0.2, 0.25) is 0 Å². The van der Waals surface area contributed by atoms with Crippen LogP contribution in [0.4, 0.5) is 5.82 Å². The summed E-state index contributed by atoms with van der Waals surface area (Å²) in [7, 11) is 0. The first kappa shape index (κ1) is 21.1. The SMILES string of the molecule is CCCN(CC)c1ccc(-c2ccc3c(C)c(-c4cc(C)nc(C)c4)[nH]c3c2)c(C)n1.[HH]. The van der Waals surface area contributed by atoms with Crippen LogP contribution >= 0.6 is 0 Å². The number of aryl methyl sites for hydroxylation is 4. The first-order valence-corrected chi connectivity index (χ1v) is 11.2. The quantitative estimate of drug-likeness (QED) is 0.369. The molecule has 4 heteroatoms. The van der Waals surface area contributed by atoms with Gasteiger partial charge in [0.1, 0.15) is 5.82 Å². The van der Waals surface area contributed by atoms with E-state index in [0.29, 0.717) is 0 Å². The normalized spacial score (nSPS) is 11.3. The van der Waals surface area contributed by atoms with Crippen LogP contribution in [-0.2, 0) is 0 Å². The predicted molar refractivity (Wildman–Crippen MR) is 134 cm³/mol. The maximum Gasteiger partial charge on any atom is 0.128 e. The molecule has 0 atom stereocenters. The molecule has 0 fully saturated rings. The Bertz CT molecular complexity index is 1220. The van der Waals surface area contributed by atoms with Crippen molar-refractivity contribution in [3.8, 4) is 22.4 Å². The van der Waals surface area contributed by atoms with E-state index in [1.165, 1.54) is 33.3 Å². The van der Waals surface area contributed by atoms with Gasteiger partial charge in [-0.05, 0) is 82.5 Å². The van der Waals surface area contributed by atoms with Crippen molar-refractivity contribution in [1.29, 1.82) is 0 Å². The van der Waals surface area contributed by atoms with Gasteiger partial charge in [-0.25, -0.2) is 4.98 Å². The van der Waals surface area contributed by atoms with Crippen molar-refractivity contribution < 1.29 is 1.43 Å². The third-order valence-electron chi connectivity index (χ3n) is 6.01. The molecule has 0 aliphatic carbocycles. The highest BCUT2D eigenvalue weighted by molar-refractivity contribution is 5.93. The summed E-state index contributed by atoms with van der Waals surface area (Å²) in [6.45, 7) is 14.8. The largest absolute Gasteiger partial charge is 0.357 e. The third kappa shape index (κ3) is 4.07. The van der Waals surface area contributed by atoms with E-state index in [4.69, 9.17) is 4.98 Å². The molecule has 0 unspecified atom stereocenters. The second kappa shape index (κ2) is 8.54. The summed E-state index contributed by atoms with van der Waals surface area (Å²) in [5.74, 6) is 1.06. The molecule has 0 radical (unpaired) electrons. The van der Waals surface area contributed by atoms with Crippen LogP contribution in [0.5, 0.6) is 0 Å². The van der Waals surface area contributed by atoms with E-state index in [0.717, 1.165) is 47.9 Å². The minimum absolute atomic E-state index is 0. The van der Waals surface area contributed by atoms with Crippen molar-refractivity contribution in [1.82, 2.24) is 15.0 Å². The summed E-state index contributed by atoms with van der Waals surface area (Å²) in [6, 6.07) is 15.3. The Morgan fingerprint density at radius 2 is 1.61 bits per heavy atom. The van der Waals surface area contributed by atoms with Crippen molar-refractivity contribution in [3.05, 3.63) is 65.1 Å². The van der Waals surface area contributed by atoms with Crippen LogP contribution < -0.4 is 4.90 Å². The highest BCUT2D eigenvalue weighted by Crippen LogP contribution is 2.34. The summed E-state index contributed by atoms with van der Waals surface area (Å²) in [6.07, 6.45) is 1.12. The molecule has 3 heterocycles. The Labute approximate surface area is 186 Å². The number of anilines is 1. The fourth-order valence-electron chi connectivity index (χ4n) is 4.51. The maximum absolute atomic E-state index is 4.92. The Balaban J connectivity index is 0.00000289. The van der Waals surface area contributed by atoms with Crippen molar-refractivity contribution in [3.63, 3.8) is 0 Å². The number of nitrogens with one attached hydrogen (secondary N) is 1. The fraction of sp³-hybridized carbons (Fsp3) is 0.333. The number of aromatic nitrogens is 3. The van der Waals surface area contributed by atoms with Gasteiger partial charge in [-0.2, -0.15) is 0 Å². The molecule has 4 rings (SSSR count). The first-order chi connectivity index (χ1) is 14.9. The number of pyridine rings is 2. The molecule has 0 aliphatic rings. The Morgan fingerprint density at radius 1 is 0.871 bits per heavy atom. The van der Waals surface area contributed by atoms with Gasteiger partial charge >= 0.3 is 0 Å². The lowest BCUT2D eigenvalue weighted by atomic mass is 10.0. The molecule has 0 saturated heterocycles. The molecule has 4 aromatic rings. The van der Waals surface area contributed by atoms with E-state index >= 15 is 0 Å². The topological polar surface area (TPSA) is 44.8 Å². The van der Waals surface area contributed by atoms with Crippen LogP contribution in [0, 0.1) is 27.7 Å². The van der Waals surface area contributed by atoms with Crippen LogP contribution in [0.25, 0.3) is 33.3 Å². The highest BCUT2D eigenvalue weighted by Gasteiger charge is 2.13. The summed E-state index contributed by atoms with van der Waals surface area (Å²) in [4.78, 5) is 15.4. The summed E-state index contributed by atoms with van der Waals surface area (Å²) in [5, 5.41) is 1.26. The van der Waals surface area contributed by atoms with E-state index in [1.54, 1.807) is 0 Å². The highest BCUT2D eigenvalue weighted by atomic mass is 15.2. The number of H-pyrrole nitrogens is 1. The lowest BCUT2D eigenvalue weighted by Crippen LogP contribution is -2.24. The van der Waals surface area contributed by atoms with Gasteiger partial charge in [0.15, 0.2) is 0 Å². The van der Waals surface area contributed by atoms with E-state index in [1.807, 2.05) is 13.8 Å². The lowest BCUT2D eigenvalue weighted by molar-refractivity contribution is 0.777. The zero-order valence-electron chi connectivity index (χ0n) is 19.5. The lowest BCUT2D eigenvalue weighted by Gasteiger charge is -2.22. The van der Waals surface area contributed by atoms with Gasteiger partial charge in [0, 0.05) is 59.3 Å². The van der Waals surface area contributed by atoms with E-state index in [9.17, 15) is 0 Å². The van der Waals surface area contributed by atoms with E-state index < -0.39 is 0 Å². The average molecular weight is 415 g/mol. The molecular formula is C27H34N4. The average Bonchev–Trinajstić information content (AvgIpc) is 3.07. The van der Waals surface area contributed by atoms with Gasteiger partial charge in [0.05, 0.1) is 0 Å². The van der Waals surface area contributed by atoms with E-state index in [-0.39, 0.29) is 1.43 Å². The number of hydrogen-bond acceptors (Lipinski definition) is 3. The summed E-state index contributed by atoms with van der Waals surface area (Å²) in [5.41, 5.74) is 10.3. The molecule has 4 nitrogen and oxygen atoms in total. The van der Waals surface area contributed by atoms with Gasteiger partial charge < -0.3 is 9.88 Å². The van der Waals surface area contributed by atoms with Crippen LogP contribution in [0.3, 0.4) is 0 Å².